The molecule has 0 aromatic carbocycles. The van der Waals surface area contributed by atoms with Crippen molar-refractivity contribution in [2.24, 2.45) is 0 Å². The minimum Gasteiger partial charge on any atom is -0.477 e. The molecule has 1 N–H and O–H groups in total. The zero-order valence-corrected chi connectivity index (χ0v) is 11.7. The number of ether oxygens (including phenoxy) is 1. The van der Waals surface area contributed by atoms with Crippen molar-refractivity contribution in [3.63, 3.8) is 0 Å². The first-order chi connectivity index (χ1) is 9.19. The number of nitrogens with zero attached hydrogens (tertiary/aromatic N) is 2. The van der Waals surface area contributed by atoms with Crippen molar-refractivity contribution in [3.8, 4) is 5.88 Å². The Morgan fingerprint density at radius 1 is 1.58 bits per heavy atom. The van der Waals surface area contributed by atoms with Crippen LogP contribution in [0, 0.1) is 6.92 Å². The van der Waals surface area contributed by atoms with E-state index in [4.69, 9.17) is 4.74 Å². The highest BCUT2D eigenvalue weighted by atomic mass is 32.1. The summed E-state index contributed by atoms with van der Waals surface area (Å²) in [5.41, 5.74) is 0.852. The van der Waals surface area contributed by atoms with Crippen molar-refractivity contribution in [1.29, 1.82) is 0 Å². The van der Waals surface area contributed by atoms with Crippen LogP contribution in [0.3, 0.4) is 0 Å². The van der Waals surface area contributed by atoms with Gasteiger partial charge in [0.2, 0.25) is 5.88 Å². The molecule has 0 aliphatic rings. The maximum Gasteiger partial charge on any atom is 0.261 e. The maximum absolute atomic E-state index is 12.0. The summed E-state index contributed by atoms with van der Waals surface area (Å²) in [5, 5.41) is 3.58. The molecule has 1 amide bonds. The number of aryl methyl sites for hydroxylation is 1. The second kappa shape index (κ2) is 5.79. The first kappa shape index (κ1) is 13.5. The Morgan fingerprint density at radius 3 is 3.05 bits per heavy atom. The van der Waals surface area contributed by atoms with Crippen molar-refractivity contribution in [2.75, 3.05) is 13.2 Å². The van der Waals surface area contributed by atoms with Crippen molar-refractivity contribution < 1.29 is 9.53 Å². The van der Waals surface area contributed by atoms with E-state index in [0.29, 0.717) is 23.9 Å². The molecule has 2 aromatic rings. The Labute approximate surface area is 115 Å². The van der Waals surface area contributed by atoms with Gasteiger partial charge in [0.15, 0.2) is 0 Å². The second-order valence-electron chi connectivity index (χ2n) is 3.85. The molecule has 0 atom stereocenters. The first-order valence-electron chi connectivity index (χ1n) is 5.95. The minimum absolute atomic E-state index is 0.122. The normalized spacial score (nSPS) is 10.4. The second-order valence-corrected chi connectivity index (χ2v) is 4.85. The van der Waals surface area contributed by atoms with Crippen molar-refractivity contribution in [2.45, 2.75) is 13.8 Å². The summed E-state index contributed by atoms with van der Waals surface area (Å²) in [7, 11) is 0. The summed E-state index contributed by atoms with van der Waals surface area (Å²) in [6.45, 7) is 8.32. The molecule has 19 heavy (non-hydrogen) atoms. The lowest BCUT2D eigenvalue weighted by Crippen LogP contribution is -2.22. The SMILES string of the molecule is C=CCNC(=O)c1sc2ncnc(OCC)c2c1C. The van der Waals surface area contributed by atoms with Gasteiger partial charge in [-0.1, -0.05) is 6.08 Å². The number of nitrogens with one attached hydrogen (secondary N) is 1. The zero-order chi connectivity index (χ0) is 13.8. The minimum atomic E-state index is -0.122. The number of amides is 1. The predicted molar refractivity (Wildman–Crippen MR) is 75.9 cm³/mol. The number of carbonyl (C=O) groups excluding carboxylic acids is 1. The molecule has 0 aliphatic carbocycles. The Bertz CT molecular complexity index is 622. The highest BCUT2D eigenvalue weighted by Crippen LogP contribution is 2.34. The zero-order valence-electron chi connectivity index (χ0n) is 10.9. The fraction of sp³-hybridized carbons (Fsp3) is 0.308. The Kier molecular flexibility index (Phi) is 4.11. The number of carbonyl (C=O) groups is 1. The van der Waals surface area contributed by atoms with E-state index in [2.05, 4.69) is 21.9 Å². The van der Waals surface area contributed by atoms with E-state index in [0.717, 1.165) is 15.8 Å². The van der Waals surface area contributed by atoms with E-state index in [1.807, 2.05) is 13.8 Å². The highest BCUT2D eigenvalue weighted by molar-refractivity contribution is 7.20. The Hall–Kier alpha value is -1.95. The van der Waals surface area contributed by atoms with Gasteiger partial charge < -0.3 is 10.1 Å². The van der Waals surface area contributed by atoms with Gasteiger partial charge in [-0.2, -0.15) is 0 Å². The van der Waals surface area contributed by atoms with E-state index < -0.39 is 0 Å². The van der Waals surface area contributed by atoms with Gasteiger partial charge in [-0.05, 0) is 19.4 Å². The summed E-state index contributed by atoms with van der Waals surface area (Å²) < 4.78 is 5.48. The van der Waals surface area contributed by atoms with Crippen LogP contribution in [0.4, 0.5) is 0 Å². The molecule has 6 heteroatoms. The number of aromatic nitrogens is 2. The molecule has 0 spiro atoms. The van der Waals surface area contributed by atoms with Crippen LogP contribution < -0.4 is 10.1 Å². The third kappa shape index (κ3) is 2.58. The summed E-state index contributed by atoms with van der Waals surface area (Å²) in [4.78, 5) is 21.7. The largest absolute Gasteiger partial charge is 0.477 e. The molecule has 0 fully saturated rings. The van der Waals surface area contributed by atoms with Gasteiger partial charge in [0.25, 0.3) is 5.91 Å². The van der Waals surface area contributed by atoms with E-state index in [1.165, 1.54) is 17.7 Å². The predicted octanol–water partition coefficient (Wildman–Crippen LogP) is 2.31. The van der Waals surface area contributed by atoms with Crippen molar-refractivity contribution >= 4 is 27.5 Å². The Balaban J connectivity index is 2.47. The lowest BCUT2D eigenvalue weighted by Gasteiger charge is -2.03. The maximum atomic E-state index is 12.0. The molecule has 100 valence electrons. The molecular weight excluding hydrogens is 262 g/mol. The molecule has 2 aromatic heterocycles. The average molecular weight is 277 g/mol. The average Bonchev–Trinajstić information content (AvgIpc) is 2.75. The summed E-state index contributed by atoms with van der Waals surface area (Å²) in [6, 6.07) is 0. The van der Waals surface area contributed by atoms with Crippen LogP contribution in [0.25, 0.3) is 10.2 Å². The molecule has 0 bridgehead atoms. The van der Waals surface area contributed by atoms with E-state index in [-0.39, 0.29) is 5.91 Å². The van der Waals surface area contributed by atoms with E-state index in [9.17, 15) is 4.79 Å². The molecule has 0 saturated heterocycles. The van der Waals surface area contributed by atoms with Gasteiger partial charge in [-0.3, -0.25) is 4.79 Å². The fourth-order valence-corrected chi connectivity index (χ4v) is 2.80. The van der Waals surface area contributed by atoms with Crippen molar-refractivity contribution in [3.05, 3.63) is 29.4 Å². The lowest BCUT2D eigenvalue weighted by molar-refractivity contribution is 0.0961. The summed E-state index contributed by atoms with van der Waals surface area (Å²) >= 11 is 1.35. The smallest absolute Gasteiger partial charge is 0.261 e. The van der Waals surface area contributed by atoms with Gasteiger partial charge in [0, 0.05) is 6.54 Å². The first-order valence-corrected chi connectivity index (χ1v) is 6.76. The third-order valence-electron chi connectivity index (χ3n) is 2.59. The molecule has 0 unspecified atom stereocenters. The summed E-state index contributed by atoms with van der Waals surface area (Å²) in [6.07, 6.45) is 3.10. The number of hydrogen-bond acceptors (Lipinski definition) is 5. The topological polar surface area (TPSA) is 64.1 Å². The van der Waals surface area contributed by atoms with Crippen LogP contribution >= 0.6 is 11.3 Å². The number of hydrogen-bond donors (Lipinski definition) is 1. The monoisotopic (exact) mass is 277 g/mol. The van der Waals surface area contributed by atoms with Gasteiger partial charge >= 0.3 is 0 Å². The molecule has 0 aliphatic heterocycles. The van der Waals surface area contributed by atoms with Crippen LogP contribution in [0.1, 0.15) is 22.2 Å². The molecule has 2 rings (SSSR count). The van der Waals surface area contributed by atoms with Crippen molar-refractivity contribution in [1.82, 2.24) is 15.3 Å². The molecule has 5 nitrogen and oxygen atoms in total. The fourth-order valence-electron chi connectivity index (χ4n) is 1.75. The van der Waals surface area contributed by atoms with Gasteiger partial charge in [-0.25, -0.2) is 9.97 Å². The van der Waals surface area contributed by atoms with E-state index in [1.54, 1.807) is 6.08 Å². The van der Waals surface area contributed by atoms with Crippen LogP contribution in [0.15, 0.2) is 19.0 Å². The molecular formula is C13H15N3O2S. The number of thiophene rings is 1. The summed E-state index contributed by atoms with van der Waals surface area (Å²) in [5.74, 6) is 0.409. The molecule has 2 heterocycles. The molecule has 0 radical (unpaired) electrons. The lowest BCUT2D eigenvalue weighted by atomic mass is 10.2. The number of fused-ring (bicyclic) bond motifs is 1. The standard InChI is InChI=1S/C13H15N3O2S/c1-4-6-14-11(17)10-8(3)9-12(18-5-2)15-7-16-13(9)19-10/h4,7H,1,5-6H2,2-3H3,(H,14,17). The van der Waals surface area contributed by atoms with Crippen LogP contribution in [0.2, 0.25) is 0 Å². The van der Waals surface area contributed by atoms with Gasteiger partial charge in [-0.15, -0.1) is 17.9 Å². The molecule has 0 saturated carbocycles. The van der Waals surface area contributed by atoms with Crippen LogP contribution in [-0.4, -0.2) is 29.0 Å². The quantitative estimate of drug-likeness (QED) is 0.852. The van der Waals surface area contributed by atoms with Crippen LogP contribution in [0.5, 0.6) is 5.88 Å². The van der Waals surface area contributed by atoms with Crippen LogP contribution in [-0.2, 0) is 0 Å². The van der Waals surface area contributed by atoms with Gasteiger partial charge in [0.05, 0.1) is 16.9 Å². The Morgan fingerprint density at radius 2 is 2.37 bits per heavy atom. The third-order valence-corrected chi connectivity index (χ3v) is 3.78. The number of rotatable bonds is 5. The van der Waals surface area contributed by atoms with Gasteiger partial charge in [0.1, 0.15) is 11.2 Å². The van der Waals surface area contributed by atoms with E-state index >= 15 is 0 Å². The highest BCUT2D eigenvalue weighted by Gasteiger charge is 2.19.